The fourth-order valence-electron chi connectivity index (χ4n) is 5.72. The Hall–Kier alpha value is -0.150. The Morgan fingerprint density at radius 1 is 0.895 bits per heavy atom. The average Bonchev–Trinajstić information content (AvgIpc) is 2.70. The van der Waals surface area contributed by atoms with Crippen molar-refractivity contribution in [3.05, 3.63) is 0 Å². The molecule has 0 radical (unpaired) electrons. The lowest BCUT2D eigenvalue weighted by atomic mass is 9.50. The fourth-order valence-corrected chi connectivity index (χ4v) is 6.15. The Kier molecular flexibility index (Phi) is 2.34. The van der Waals surface area contributed by atoms with Crippen LogP contribution in [0.4, 0.5) is 0 Å². The van der Waals surface area contributed by atoms with Gasteiger partial charge in [0.25, 0.3) is 0 Å². The molecule has 5 aliphatic rings. The zero-order chi connectivity index (χ0) is 13.5. The zero-order valence-electron chi connectivity index (χ0n) is 12.4. The van der Waals surface area contributed by atoms with E-state index in [1.165, 1.54) is 38.5 Å². The molecule has 19 heavy (non-hydrogen) atoms. The Balaban J connectivity index is 1.61. The van der Waals surface area contributed by atoms with E-state index in [2.05, 4.69) is 32.6 Å². The summed E-state index contributed by atoms with van der Waals surface area (Å²) >= 11 is 6.75. The standard InChI is InChI=1S/C18H25Cl/c1-12-16(2,3)18(12,19)5-4-17-9-13-6-14(10-17)8-15(7-13)11-17/h12-15H,6-11H2,1-3H3. The molecule has 0 spiro atoms. The van der Waals surface area contributed by atoms with Crippen LogP contribution < -0.4 is 0 Å². The second-order valence-electron chi connectivity index (χ2n) is 8.60. The summed E-state index contributed by atoms with van der Waals surface area (Å²) in [6.07, 6.45) is 8.59. The lowest BCUT2D eigenvalue weighted by Crippen LogP contribution is -2.45. The zero-order valence-corrected chi connectivity index (χ0v) is 13.2. The van der Waals surface area contributed by atoms with Crippen LogP contribution in [0.2, 0.25) is 0 Å². The van der Waals surface area contributed by atoms with E-state index in [0.29, 0.717) is 11.3 Å². The van der Waals surface area contributed by atoms with Gasteiger partial charge in [-0.1, -0.05) is 32.6 Å². The largest absolute Gasteiger partial charge is 0.113 e. The molecule has 0 nitrogen and oxygen atoms in total. The Morgan fingerprint density at radius 3 is 1.68 bits per heavy atom. The quantitative estimate of drug-likeness (QED) is 0.438. The maximum atomic E-state index is 6.75. The van der Waals surface area contributed by atoms with E-state index in [9.17, 15) is 0 Å². The smallest absolute Gasteiger partial charge is 0.104 e. The van der Waals surface area contributed by atoms with Crippen molar-refractivity contribution in [1.82, 2.24) is 0 Å². The van der Waals surface area contributed by atoms with Gasteiger partial charge in [-0.3, -0.25) is 0 Å². The van der Waals surface area contributed by atoms with E-state index in [0.717, 1.165) is 17.8 Å². The summed E-state index contributed by atoms with van der Waals surface area (Å²) in [7, 11) is 0. The molecule has 0 amide bonds. The fraction of sp³-hybridized carbons (Fsp3) is 0.889. The summed E-state index contributed by atoms with van der Waals surface area (Å²) in [4.78, 5) is -0.240. The molecule has 5 saturated carbocycles. The molecular weight excluding hydrogens is 252 g/mol. The Bertz CT molecular complexity index is 442. The van der Waals surface area contributed by atoms with Crippen LogP contribution in [0.25, 0.3) is 0 Å². The maximum Gasteiger partial charge on any atom is 0.113 e. The second-order valence-corrected chi connectivity index (χ2v) is 9.20. The number of halogens is 1. The molecule has 104 valence electrons. The van der Waals surface area contributed by atoms with Gasteiger partial charge in [-0.25, -0.2) is 0 Å². The van der Waals surface area contributed by atoms with Gasteiger partial charge >= 0.3 is 0 Å². The second kappa shape index (κ2) is 3.54. The van der Waals surface area contributed by atoms with Crippen molar-refractivity contribution in [2.75, 3.05) is 0 Å². The third-order valence-corrected chi connectivity index (χ3v) is 7.99. The number of rotatable bonds is 0. The van der Waals surface area contributed by atoms with Gasteiger partial charge < -0.3 is 0 Å². The Labute approximate surface area is 122 Å². The molecule has 0 aromatic heterocycles. The summed E-state index contributed by atoms with van der Waals surface area (Å²) < 4.78 is 0. The van der Waals surface area contributed by atoms with E-state index in [1.807, 2.05) is 0 Å². The lowest BCUT2D eigenvalue weighted by molar-refractivity contribution is -0.0182. The van der Waals surface area contributed by atoms with Crippen molar-refractivity contribution >= 4 is 11.6 Å². The van der Waals surface area contributed by atoms with Crippen LogP contribution in [0.3, 0.4) is 0 Å². The highest BCUT2D eigenvalue weighted by Crippen LogP contribution is 2.66. The van der Waals surface area contributed by atoms with Crippen molar-refractivity contribution in [2.45, 2.75) is 64.2 Å². The number of alkyl halides is 1. The van der Waals surface area contributed by atoms with Crippen molar-refractivity contribution in [1.29, 1.82) is 0 Å². The van der Waals surface area contributed by atoms with E-state index in [-0.39, 0.29) is 10.3 Å². The first-order chi connectivity index (χ1) is 8.85. The van der Waals surface area contributed by atoms with Crippen molar-refractivity contribution in [2.24, 2.45) is 34.5 Å². The van der Waals surface area contributed by atoms with Gasteiger partial charge in [0.1, 0.15) is 4.87 Å². The van der Waals surface area contributed by atoms with Crippen LogP contribution >= 0.6 is 11.6 Å². The van der Waals surface area contributed by atoms with Gasteiger partial charge in [-0.15, -0.1) is 11.6 Å². The number of hydrogen-bond donors (Lipinski definition) is 0. The highest BCUT2D eigenvalue weighted by Gasteiger charge is 2.67. The minimum absolute atomic E-state index is 0.198. The van der Waals surface area contributed by atoms with Gasteiger partial charge in [0.15, 0.2) is 0 Å². The molecule has 2 atom stereocenters. The topological polar surface area (TPSA) is 0 Å². The van der Waals surface area contributed by atoms with Crippen molar-refractivity contribution in [3.8, 4) is 11.8 Å². The predicted molar refractivity (Wildman–Crippen MR) is 79.9 cm³/mol. The molecule has 0 aromatic rings. The highest BCUT2D eigenvalue weighted by molar-refractivity contribution is 6.29. The maximum absolute atomic E-state index is 6.75. The first-order valence-electron chi connectivity index (χ1n) is 8.08. The van der Waals surface area contributed by atoms with Gasteiger partial charge in [0.05, 0.1) is 0 Å². The normalized spacial score (nSPS) is 56.6. The SMILES string of the molecule is CC1C(C)(C)C1(Cl)C#CC12CC3CC(CC(C3)C1)C2. The minimum Gasteiger partial charge on any atom is -0.104 e. The third-order valence-electron chi connectivity index (χ3n) is 7.08. The van der Waals surface area contributed by atoms with Crippen LogP contribution in [0, 0.1) is 46.3 Å². The van der Waals surface area contributed by atoms with Gasteiger partial charge in [0.2, 0.25) is 0 Å². The van der Waals surface area contributed by atoms with Crippen molar-refractivity contribution < 1.29 is 0 Å². The summed E-state index contributed by atoms with van der Waals surface area (Å²) in [5.74, 6) is 10.8. The first-order valence-corrected chi connectivity index (χ1v) is 8.46. The molecule has 0 heterocycles. The third kappa shape index (κ3) is 1.61. The molecule has 0 saturated heterocycles. The van der Waals surface area contributed by atoms with E-state index in [1.54, 1.807) is 0 Å². The Morgan fingerprint density at radius 2 is 1.32 bits per heavy atom. The van der Waals surface area contributed by atoms with Crippen LogP contribution in [-0.4, -0.2) is 4.87 Å². The van der Waals surface area contributed by atoms with Crippen LogP contribution in [0.15, 0.2) is 0 Å². The van der Waals surface area contributed by atoms with Crippen LogP contribution in [0.5, 0.6) is 0 Å². The highest BCUT2D eigenvalue weighted by atomic mass is 35.5. The summed E-state index contributed by atoms with van der Waals surface area (Å²) in [5, 5.41) is 0. The van der Waals surface area contributed by atoms with E-state index >= 15 is 0 Å². The van der Waals surface area contributed by atoms with Crippen LogP contribution in [-0.2, 0) is 0 Å². The molecular formula is C18H25Cl. The minimum atomic E-state index is -0.240. The molecule has 1 heteroatoms. The van der Waals surface area contributed by atoms with Gasteiger partial charge in [0, 0.05) is 10.8 Å². The van der Waals surface area contributed by atoms with Crippen molar-refractivity contribution in [3.63, 3.8) is 0 Å². The van der Waals surface area contributed by atoms with Gasteiger partial charge in [-0.05, 0) is 62.2 Å². The molecule has 0 aromatic carbocycles. The molecule has 2 unspecified atom stereocenters. The number of hydrogen-bond acceptors (Lipinski definition) is 0. The monoisotopic (exact) mass is 276 g/mol. The van der Waals surface area contributed by atoms with E-state index < -0.39 is 0 Å². The molecule has 0 aliphatic heterocycles. The molecule has 5 fully saturated rings. The molecule has 5 rings (SSSR count). The lowest BCUT2D eigenvalue weighted by Gasteiger charge is -2.54. The first kappa shape index (κ1) is 12.6. The summed E-state index contributed by atoms with van der Waals surface area (Å²) in [6.45, 7) is 6.78. The van der Waals surface area contributed by atoms with Crippen LogP contribution in [0.1, 0.15) is 59.3 Å². The average molecular weight is 277 g/mol. The molecule has 5 aliphatic carbocycles. The summed E-state index contributed by atoms with van der Waals surface area (Å²) in [6, 6.07) is 0. The van der Waals surface area contributed by atoms with Gasteiger partial charge in [-0.2, -0.15) is 0 Å². The molecule has 0 N–H and O–H groups in total. The predicted octanol–water partition coefficient (Wildman–Crippen LogP) is 4.86. The summed E-state index contributed by atoms with van der Waals surface area (Å²) in [5.41, 5.74) is 0.554. The molecule has 4 bridgehead atoms. The van der Waals surface area contributed by atoms with E-state index in [4.69, 9.17) is 11.6 Å².